The molecule has 2 saturated heterocycles. The molecule has 36 heavy (non-hydrogen) atoms. The number of carbonyl (C=O) groups is 2. The van der Waals surface area contributed by atoms with Crippen molar-refractivity contribution in [3.05, 3.63) is 89.0 Å². The summed E-state index contributed by atoms with van der Waals surface area (Å²) < 4.78 is 0. The first-order chi connectivity index (χ1) is 17.5. The van der Waals surface area contributed by atoms with Crippen molar-refractivity contribution >= 4 is 23.1 Å². The van der Waals surface area contributed by atoms with Gasteiger partial charge in [0.2, 0.25) is 5.91 Å². The van der Waals surface area contributed by atoms with Crippen LogP contribution in [0.2, 0.25) is 0 Å². The van der Waals surface area contributed by atoms with Crippen LogP contribution in [0.5, 0.6) is 0 Å². The monoisotopic (exact) mass is 483 g/mol. The Morgan fingerprint density at radius 3 is 2.39 bits per heavy atom. The number of hydrogen-bond donors (Lipinski definition) is 3. The number of H-pyrrole nitrogens is 1. The van der Waals surface area contributed by atoms with Gasteiger partial charge >= 0.3 is 0 Å². The number of carbonyl (C=O) groups excluding carboxylic acids is 2. The highest BCUT2D eigenvalue weighted by atomic mass is 16.2. The Labute approximate surface area is 212 Å². The van der Waals surface area contributed by atoms with Crippen LogP contribution in [-0.2, 0) is 11.3 Å². The number of nitrogens with one attached hydrogen (secondary N) is 3. The van der Waals surface area contributed by atoms with Gasteiger partial charge in [-0.25, -0.2) is 4.98 Å². The first-order valence-electron chi connectivity index (χ1n) is 12.7. The predicted octanol–water partition coefficient (Wildman–Crippen LogP) is 4.75. The van der Waals surface area contributed by atoms with Crippen molar-refractivity contribution < 1.29 is 9.59 Å². The Kier molecular flexibility index (Phi) is 7.00. The quantitative estimate of drug-likeness (QED) is 0.453. The molecule has 0 aliphatic carbocycles. The Hall–Kier alpha value is -3.71. The minimum Gasteiger partial charge on any atom is -0.352 e. The smallest absolute Gasteiger partial charge is 0.251 e. The molecule has 2 atom stereocenters. The molecule has 3 N–H and O–H groups in total. The van der Waals surface area contributed by atoms with Gasteiger partial charge < -0.3 is 15.6 Å². The number of anilines is 1. The molecule has 0 radical (unpaired) electrons. The van der Waals surface area contributed by atoms with E-state index < -0.39 is 0 Å². The van der Waals surface area contributed by atoms with Gasteiger partial charge in [-0.3, -0.25) is 14.5 Å². The van der Waals surface area contributed by atoms with Gasteiger partial charge in [0.15, 0.2) is 0 Å². The molecule has 3 heterocycles. The highest BCUT2D eigenvalue weighted by molar-refractivity contribution is 5.95. The summed E-state index contributed by atoms with van der Waals surface area (Å²) in [6.07, 6.45) is 8.05. The van der Waals surface area contributed by atoms with E-state index in [9.17, 15) is 9.59 Å². The molecule has 186 valence electrons. The van der Waals surface area contributed by atoms with Gasteiger partial charge in [0.25, 0.3) is 5.91 Å². The van der Waals surface area contributed by atoms with Crippen LogP contribution in [0.15, 0.2) is 66.6 Å². The summed E-state index contributed by atoms with van der Waals surface area (Å²) in [4.78, 5) is 34.1. The average Bonchev–Trinajstić information content (AvgIpc) is 3.45. The van der Waals surface area contributed by atoms with Gasteiger partial charge in [-0.2, -0.15) is 0 Å². The zero-order valence-corrected chi connectivity index (χ0v) is 20.9. The minimum atomic E-state index is -0.0854. The van der Waals surface area contributed by atoms with Crippen LogP contribution in [0.1, 0.15) is 66.7 Å². The molecule has 2 amide bonds. The van der Waals surface area contributed by atoms with Crippen LogP contribution >= 0.6 is 0 Å². The standard InChI is InChI=1S/C29H33N5O2/c1-3-31-29(36)21-9-7-20(8-10-21)28(22-5-4-6-24(13-22)33-19(2)35)23-14-26-11-12-27(15-23)34(26)17-25-16-30-18-32-25/h4-10,13,16,18,26-27H,3,11-12,14-15,17H2,1-2H3,(H,30,32)(H,31,36)(H,33,35). The maximum absolute atomic E-state index is 12.3. The van der Waals surface area contributed by atoms with Gasteiger partial charge in [-0.05, 0) is 73.6 Å². The SMILES string of the molecule is CCNC(=O)c1ccc(C(=C2CC3CCC(C2)N3Cc2cnc[nH]2)c2cccc(NC(C)=O)c2)cc1. The van der Waals surface area contributed by atoms with Gasteiger partial charge in [0.05, 0.1) is 6.33 Å². The van der Waals surface area contributed by atoms with Crippen LogP contribution in [0, 0.1) is 0 Å². The molecule has 1 aromatic heterocycles. The average molecular weight is 484 g/mol. The highest BCUT2D eigenvalue weighted by Crippen LogP contribution is 2.43. The van der Waals surface area contributed by atoms with Crippen LogP contribution in [0.4, 0.5) is 5.69 Å². The lowest BCUT2D eigenvalue weighted by Crippen LogP contribution is -2.40. The van der Waals surface area contributed by atoms with E-state index in [1.807, 2.05) is 37.4 Å². The number of aromatic amines is 1. The van der Waals surface area contributed by atoms with E-state index in [0.29, 0.717) is 24.2 Å². The van der Waals surface area contributed by atoms with Gasteiger partial charge in [0, 0.05) is 55.2 Å². The number of amides is 2. The van der Waals surface area contributed by atoms with Crippen molar-refractivity contribution in [3.63, 3.8) is 0 Å². The minimum absolute atomic E-state index is 0.0592. The van der Waals surface area contributed by atoms with Crippen LogP contribution in [0.3, 0.4) is 0 Å². The fourth-order valence-corrected chi connectivity index (χ4v) is 5.72. The van der Waals surface area contributed by atoms with E-state index in [1.54, 1.807) is 6.33 Å². The molecule has 3 aromatic rings. The molecule has 0 saturated carbocycles. The number of piperidine rings is 1. The van der Waals surface area contributed by atoms with Crippen molar-refractivity contribution in [2.45, 2.75) is 58.2 Å². The summed E-state index contributed by atoms with van der Waals surface area (Å²) in [5.74, 6) is -0.145. The molecular formula is C29H33N5O2. The summed E-state index contributed by atoms with van der Waals surface area (Å²) in [7, 11) is 0. The molecule has 2 unspecified atom stereocenters. The van der Waals surface area contributed by atoms with Crippen LogP contribution in [0.25, 0.3) is 5.57 Å². The lowest BCUT2D eigenvalue weighted by Gasteiger charge is -2.37. The molecule has 2 aromatic carbocycles. The largest absolute Gasteiger partial charge is 0.352 e. The zero-order valence-electron chi connectivity index (χ0n) is 20.9. The molecular weight excluding hydrogens is 450 g/mol. The van der Waals surface area contributed by atoms with E-state index in [2.05, 4.69) is 49.8 Å². The van der Waals surface area contributed by atoms with Gasteiger partial charge in [0.1, 0.15) is 0 Å². The molecule has 2 aliphatic heterocycles. The molecule has 2 bridgehead atoms. The number of benzene rings is 2. The molecule has 7 nitrogen and oxygen atoms in total. The number of hydrogen-bond acceptors (Lipinski definition) is 4. The fraction of sp³-hybridized carbons (Fsp3) is 0.345. The summed E-state index contributed by atoms with van der Waals surface area (Å²) in [5.41, 5.74) is 7.44. The van der Waals surface area contributed by atoms with Gasteiger partial charge in [-0.1, -0.05) is 29.8 Å². The second kappa shape index (κ2) is 10.5. The number of imidazole rings is 1. The normalized spacial score (nSPS) is 19.2. The topological polar surface area (TPSA) is 90.1 Å². The van der Waals surface area contributed by atoms with E-state index >= 15 is 0 Å². The Morgan fingerprint density at radius 2 is 1.75 bits per heavy atom. The molecule has 7 heteroatoms. The Morgan fingerprint density at radius 1 is 1.03 bits per heavy atom. The number of rotatable bonds is 7. The third kappa shape index (κ3) is 5.11. The third-order valence-electron chi connectivity index (χ3n) is 7.24. The summed E-state index contributed by atoms with van der Waals surface area (Å²) >= 11 is 0. The van der Waals surface area contributed by atoms with Crippen molar-refractivity contribution in [1.82, 2.24) is 20.2 Å². The van der Waals surface area contributed by atoms with Crippen molar-refractivity contribution in [3.8, 4) is 0 Å². The highest BCUT2D eigenvalue weighted by Gasteiger charge is 2.39. The second-order valence-corrected chi connectivity index (χ2v) is 9.72. The zero-order chi connectivity index (χ0) is 25.1. The molecule has 2 aliphatic rings. The van der Waals surface area contributed by atoms with Crippen molar-refractivity contribution in [1.29, 1.82) is 0 Å². The Bertz CT molecular complexity index is 1250. The van der Waals surface area contributed by atoms with Gasteiger partial charge in [-0.15, -0.1) is 0 Å². The van der Waals surface area contributed by atoms with E-state index in [-0.39, 0.29) is 11.8 Å². The summed E-state index contributed by atoms with van der Waals surface area (Å²) in [6, 6.07) is 17.0. The fourth-order valence-electron chi connectivity index (χ4n) is 5.72. The molecule has 2 fully saturated rings. The van der Waals surface area contributed by atoms with E-state index in [1.165, 1.54) is 30.9 Å². The van der Waals surface area contributed by atoms with Crippen LogP contribution in [-0.4, -0.2) is 45.3 Å². The lowest BCUT2D eigenvalue weighted by atomic mass is 9.85. The predicted molar refractivity (Wildman–Crippen MR) is 141 cm³/mol. The lowest BCUT2D eigenvalue weighted by molar-refractivity contribution is -0.114. The third-order valence-corrected chi connectivity index (χ3v) is 7.24. The first-order valence-corrected chi connectivity index (χ1v) is 12.7. The first kappa shape index (κ1) is 24.0. The summed E-state index contributed by atoms with van der Waals surface area (Å²) in [5, 5.41) is 5.79. The second-order valence-electron chi connectivity index (χ2n) is 9.72. The molecule has 5 rings (SSSR count). The maximum Gasteiger partial charge on any atom is 0.251 e. The number of fused-ring (bicyclic) bond motifs is 2. The van der Waals surface area contributed by atoms with E-state index in [4.69, 9.17) is 0 Å². The maximum atomic E-state index is 12.3. The van der Waals surface area contributed by atoms with Crippen molar-refractivity contribution in [2.24, 2.45) is 0 Å². The number of nitrogens with zero attached hydrogens (tertiary/aromatic N) is 2. The summed E-state index contributed by atoms with van der Waals surface area (Å²) in [6.45, 7) is 4.95. The molecule has 0 spiro atoms. The van der Waals surface area contributed by atoms with Crippen LogP contribution < -0.4 is 10.6 Å². The van der Waals surface area contributed by atoms with E-state index in [0.717, 1.165) is 41.9 Å². The number of aromatic nitrogens is 2. The van der Waals surface area contributed by atoms with Crippen molar-refractivity contribution in [2.75, 3.05) is 11.9 Å². The Balaban J connectivity index is 1.51.